The summed E-state index contributed by atoms with van der Waals surface area (Å²) in [4.78, 5) is 0. The first-order valence-electron chi connectivity index (χ1n) is 5.21. The first-order chi connectivity index (χ1) is 6.78. The predicted octanol–water partition coefficient (Wildman–Crippen LogP) is 3.05. The van der Waals surface area contributed by atoms with Gasteiger partial charge in [0.05, 0.1) is 0 Å². The standard InChI is InChI=1S/C12H17NS/c1-2-14-9-12(7-8-12)10-5-3-4-6-11(10)13/h3-6H,2,7-9,13H2,1H3. The summed E-state index contributed by atoms with van der Waals surface area (Å²) in [5, 5.41) is 0. The molecule has 1 aromatic carbocycles. The fourth-order valence-corrected chi connectivity index (χ4v) is 2.96. The zero-order valence-electron chi connectivity index (χ0n) is 8.62. The van der Waals surface area contributed by atoms with E-state index in [1.54, 1.807) is 0 Å². The Morgan fingerprint density at radius 2 is 2.07 bits per heavy atom. The van der Waals surface area contributed by atoms with Crippen LogP contribution >= 0.6 is 11.8 Å². The van der Waals surface area contributed by atoms with Crippen LogP contribution in [0.2, 0.25) is 0 Å². The van der Waals surface area contributed by atoms with Crippen LogP contribution in [-0.2, 0) is 5.41 Å². The molecule has 1 aliphatic carbocycles. The normalized spacial score (nSPS) is 18.1. The number of nitrogens with two attached hydrogens (primary N) is 1. The van der Waals surface area contributed by atoms with Gasteiger partial charge in [-0.05, 0) is 30.2 Å². The van der Waals surface area contributed by atoms with Crippen molar-refractivity contribution in [2.45, 2.75) is 25.2 Å². The van der Waals surface area contributed by atoms with Crippen LogP contribution in [0.25, 0.3) is 0 Å². The number of thioether (sulfide) groups is 1. The Bertz CT molecular complexity index is 318. The van der Waals surface area contributed by atoms with E-state index < -0.39 is 0 Å². The minimum absolute atomic E-state index is 0.423. The van der Waals surface area contributed by atoms with Gasteiger partial charge in [-0.1, -0.05) is 25.1 Å². The van der Waals surface area contributed by atoms with E-state index in [1.807, 2.05) is 23.9 Å². The lowest BCUT2D eigenvalue weighted by Gasteiger charge is -2.16. The highest BCUT2D eigenvalue weighted by Gasteiger charge is 2.44. The third kappa shape index (κ3) is 1.76. The molecule has 0 atom stereocenters. The predicted molar refractivity (Wildman–Crippen MR) is 64.8 cm³/mol. The molecule has 0 amide bonds. The number of anilines is 1. The lowest BCUT2D eigenvalue weighted by atomic mass is 9.96. The van der Waals surface area contributed by atoms with Crippen LogP contribution in [-0.4, -0.2) is 11.5 Å². The van der Waals surface area contributed by atoms with Gasteiger partial charge in [0.1, 0.15) is 0 Å². The van der Waals surface area contributed by atoms with Gasteiger partial charge in [-0.3, -0.25) is 0 Å². The Morgan fingerprint density at radius 3 is 2.64 bits per heavy atom. The molecule has 14 heavy (non-hydrogen) atoms. The van der Waals surface area contributed by atoms with Crippen molar-refractivity contribution in [1.82, 2.24) is 0 Å². The Balaban J connectivity index is 2.18. The molecule has 2 rings (SSSR count). The number of benzene rings is 1. The van der Waals surface area contributed by atoms with Gasteiger partial charge >= 0.3 is 0 Å². The largest absolute Gasteiger partial charge is 0.398 e. The molecule has 2 heteroatoms. The first-order valence-corrected chi connectivity index (χ1v) is 6.37. The van der Waals surface area contributed by atoms with Gasteiger partial charge in [0.2, 0.25) is 0 Å². The molecule has 0 aliphatic heterocycles. The highest BCUT2D eigenvalue weighted by molar-refractivity contribution is 7.99. The molecule has 0 spiro atoms. The lowest BCUT2D eigenvalue weighted by Crippen LogP contribution is -2.12. The van der Waals surface area contributed by atoms with E-state index in [9.17, 15) is 0 Å². The number of rotatable bonds is 4. The van der Waals surface area contributed by atoms with Crippen molar-refractivity contribution in [2.75, 3.05) is 17.2 Å². The van der Waals surface area contributed by atoms with E-state index in [2.05, 4.69) is 19.1 Å². The molecule has 0 radical (unpaired) electrons. The fourth-order valence-electron chi connectivity index (χ4n) is 1.92. The third-order valence-corrected chi connectivity index (χ3v) is 4.13. The number of hydrogen-bond acceptors (Lipinski definition) is 2. The molecule has 0 saturated heterocycles. The summed E-state index contributed by atoms with van der Waals surface area (Å²) in [5.74, 6) is 2.44. The van der Waals surface area contributed by atoms with E-state index in [4.69, 9.17) is 5.73 Å². The van der Waals surface area contributed by atoms with Crippen LogP contribution in [0.15, 0.2) is 24.3 Å². The summed E-state index contributed by atoms with van der Waals surface area (Å²) in [7, 11) is 0. The van der Waals surface area contributed by atoms with Gasteiger partial charge in [-0.15, -0.1) is 0 Å². The van der Waals surface area contributed by atoms with Crippen molar-refractivity contribution >= 4 is 17.4 Å². The summed E-state index contributed by atoms with van der Waals surface area (Å²) < 4.78 is 0. The van der Waals surface area contributed by atoms with Crippen molar-refractivity contribution in [1.29, 1.82) is 0 Å². The fraction of sp³-hybridized carbons (Fsp3) is 0.500. The van der Waals surface area contributed by atoms with E-state index >= 15 is 0 Å². The molecule has 76 valence electrons. The van der Waals surface area contributed by atoms with Crippen molar-refractivity contribution in [3.8, 4) is 0 Å². The summed E-state index contributed by atoms with van der Waals surface area (Å²) in [6.07, 6.45) is 2.63. The van der Waals surface area contributed by atoms with Gasteiger partial charge < -0.3 is 5.73 Å². The summed E-state index contributed by atoms with van der Waals surface area (Å²) >= 11 is 2.03. The molecule has 0 heterocycles. The summed E-state index contributed by atoms with van der Waals surface area (Å²) in [5.41, 5.74) is 8.78. The van der Waals surface area contributed by atoms with E-state index in [1.165, 1.54) is 29.9 Å². The summed E-state index contributed by atoms with van der Waals surface area (Å²) in [6.45, 7) is 2.22. The van der Waals surface area contributed by atoms with Gasteiger partial charge in [0.15, 0.2) is 0 Å². The maximum absolute atomic E-state index is 6.01. The molecule has 1 aromatic rings. The smallest absolute Gasteiger partial charge is 0.0352 e. The molecule has 1 fully saturated rings. The van der Waals surface area contributed by atoms with Crippen LogP contribution < -0.4 is 5.73 Å². The highest BCUT2D eigenvalue weighted by atomic mass is 32.2. The topological polar surface area (TPSA) is 26.0 Å². The minimum atomic E-state index is 0.423. The first kappa shape index (κ1) is 9.91. The van der Waals surface area contributed by atoms with Crippen molar-refractivity contribution < 1.29 is 0 Å². The number of nitrogen functional groups attached to an aromatic ring is 1. The number of para-hydroxylation sites is 1. The zero-order valence-corrected chi connectivity index (χ0v) is 9.44. The van der Waals surface area contributed by atoms with E-state index in [-0.39, 0.29) is 0 Å². The molecular formula is C12H17NS. The lowest BCUT2D eigenvalue weighted by molar-refractivity contribution is 0.806. The van der Waals surface area contributed by atoms with Gasteiger partial charge in [0.25, 0.3) is 0 Å². The SMILES string of the molecule is CCSCC1(c2ccccc2N)CC1. The minimum Gasteiger partial charge on any atom is -0.398 e. The second-order valence-corrected chi connectivity index (χ2v) is 5.28. The van der Waals surface area contributed by atoms with Crippen LogP contribution in [0.5, 0.6) is 0 Å². The van der Waals surface area contributed by atoms with Crippen LogP contribution in [0.4, 0.5) is 5.69 Å². The van der Waals surface area contributed by atoms with Crippen molar-refractivity contribution in [3.05, 3.63) is 29.8 Å². The second kappa shape index (κ2) is 3.85. The van der Waals surface area contributed by atoms with E-state index in [0.29, 0.717) is 5.41 Å². The van der Waals surface area contributed by atoms with Crippen molar-refractivity contribution in [3.63, 3.8) is 0 Å². The summed E-state index contributed by atoms with van der Waals surface area (Å²) in [6, 6.07) is 8.33. The molecule has 1 nitrogen and oxygen atoms in total. The third-order valence-electron chi connectivity index (χ3n) is 2.97. The molecule has 0 unspecified atom stereocenters. The Labute approximate surface area is 90.1 Å². The second-order valence-electron chi connectivity index (χ2n) is 4.00. The van der Waals surface area contributed by atoms with Crippen LogP contribution in [0, 0.1) is 0 Å². The molecular weight excluding hydrogens is 190 g/mol. The molecule has 2 N–H and O–H groups in total. The monoisotopic (exact) mass is 207 g/mol. The van der Waals surface area contributed by atoms with Gasteiger partial charge in [-0.25, -0.2) is 0 Å². The Kier molecular flexibility index (Phi) is 2.73. The van der Waals surface area contributed by atoms with Crippen LogP contribution in [0.3, 0.4) is 0 Å². The maximum atomic E-state index is 6.01. The van der Waals surface area contributed by atoms with Crippen LogP contribution in [0.1, 0.15) is 25.3 Å². The quantitative estimate of drug-likeness (QED) is 0.768. The molecule has 0 aromatic heterocycles. The highest BCUT2D eigenvalue weighted by Crippen LogP contribution is 2.51. The molecule has 1 saturated carbocycles. The zero-order chi connectivity index (χ0) is 10.0. The van der Waals surface area contributed by atoms with Crippen molar-refractivity contribution in [2.24, 2.45) is 0 Å². The van der Waals surface area contributed by atoms with E-state index in [0.717, 1.165) is 5.69 Å². The average molecular weight is 207 g/mol. The molecule has 1 aliphatic rings. The maximum Gasteiger partial charge on any atom is 0.0352 e. The Morgan fingerprint density at radius 1 is 1.36 bits per heavy atom. The van der Waals surface area contributed by atoms with Gasteiger partial charge in [0, 0.05) is 16.9 Å². The Hall–Kier alpha value is -0.630. The van der Waals surface area contributed by atoms with Gasteiger partial charge in [-0.2, -0.15) is 11.8 Å². The number of hydrogen-bond donors (Lipinski definition) is 1. The average Bonchev–Trinajstić information content (AvgIpc) is 2.97. The molecule has 0 bridgehead atoms.